The first-order valence-corrected chi connectivity index (χ1v) is 7.73. The Hall–Kier alpha value is -0.140. The van der Waals surface area contributed by atoms with Crippen LogP contribution in [-0.4, -0.2) is 31.9 Å². The van der Waals surface area contributed by atoms with Gasteiger partial charge in [0.2, 0.25) is 10.0 Å². The maximum atomic E-state index is 12.2. The highest BCUT2D eigenvalue weighted by molar-refractivity contribution is 9.10. The van der Waals surface area contributed by atoms with E-state index in [-0.39, 0.29) is 10.9 Å². The molecule has 0 radical (unpaired) electrons. The van der Waals surface area contributed by atoms with Gasteiger partial charge >= 0.3 is 0 Å². The quantitative estimate of drug-likeness (QED) is 0.894. The third kappa shape index (κ3) is 2.66. The van der Waals surface area contributed by atoms with Crippen LogP contribution in [0.5, 0.6) is 0 Å². The molecule has 0 spiro atoms. The van der Waals surface area contributed by atoms with Crippen LogP contribution < -0.4 is 5.73 Å². The monoisotopic (exact) mass is 338 g/mol. The molecular weight excluding hydrogens is 328 g/mol. The molecule has 94 valence electrons. The summed E-state index contributed by atoms with van der Waals surface area (Å²) in [4.78, 5) is 0.239. The molecule has 2 rings (SSSR count). The Morgan fingerprint density at radius 3 is 2.71 bits per heavy atom. The van der Waals surface area contributed by atoms with Crippen molar-refractivity contribution < 1.29 is 8.42 Å². The highest BCUT2D eigenvalue weighted by Gasteiger charge is 2.31. The van der Waals surface area contributed by atoms with E-state index < -0.39 is 10.0 Å². The Morgan fingerprint density at radius 2 is 2.18 bits per heavy atom. The van der Waals surface area contributed by atoms with E-state index in [1.54, 1.807) is 6.07 Å². The van der Waals surface area contributed by atoms with Crippen molar-refractivity contribution in [2.75, 3.05) is 13.1 Å². The molecule has 1 aromatic rings. The van der Waals surface area contributed by atoms with Crippen molar-refractivity contribution in [1.29, 1.82) is 0 Å². The number of rotatable bonds is 2. The average molecular weight is 340 g/mol. The van der Waals surface area contributed by atoms with Crippen LogP contribution in [0.1, 0.15) is 6.42 Å². The Balaban J connectivity index is 2.35. The molecule has 17 heavy (non-hydrogen) atoms. The number of nitrogens with two attached hydrogens (primary N) is 1. The van der Waals surface area contributed by atoms with Gasteiger partial charge in [0, 0.05) is 23.6 Å². The third-order valence-corrected chi connectivity index (χ3v) is 5.79. The highest BCUT2D eigenvalue weighted by atomic mass is 79.9. The Kier molecular flexibility index (Phi) is 3.80. The summed E-state index contributed by atoms with van der Waals surface area (Å²) in [6.45, 7) is 0.853. The van der Waals surface area contributed by atoms with Gasteiger partial charge in [0.25, 0.3) is 0 Å². The van der Waals surface area contributed by atoms with Gasteiger partial charge in [0.15, 0.2) is 0 Å². The first kappa shape index (κ1) is 13.3. The highest BCUT2D eigenvalue weighted by Crippen LogP contribution is 2.28. The molecule has 1 saturated heterocycles. The molecule has 2 N–H and O–H groups in total. The maximum Gasteiger partial charge on any atom is 0.243 e. The molecule has 0 bridgehead atoms. The van der Waals surface area contributed by atoms with E-state index in [2.05, 4.69) is 15.9 Å². The molecule has 1 heterocycles. The van der Waals surface area contributed by atoms with Crippen LogP contribution in [0.2, 0.25) is 5.02 Å². The lowest BCUT2D eigenvalue weighted by Crippen LogP contribution is -2.31. The van der Waals surface area contributed by atoms with Crippen molar-refractivity contribution in [3.8, 4) is 0 Å². The topological polar surface area (TPSA) is 63.4 Å². The predicted octanol–water partition coefficient (Wildman–Crippen LogP) is 1.82. The van der Waals surface area contributed by atoms with Crippen LogP contribution in [-0.2, 0) is 10.0 Å². The van der Waals surface area contributed by atoms with Crippen molar-refractivity contribution in [3.05, 3.63) is 27.7 Å². The van der Waals surface area contributed by atoms with Gasteiger partial charge in [-0.25, -0.2) is 8.42 Å². The average Bonchev–Trinajstić information content (AvgIpc) is 2.69. The van der Waals surface area contributed by atoms with Crippen LogP contribution in [0.15, 0.2) is 27.6 Å². The molecule has 0 unspecified atom stereocenters. The van der Waals surface area contributed by atoms with E-state index in [1.165, 1.54) is 16.4 Å². The largest absolute Gasteiger partial charge is 0.326 e. The second-order valence-electron chi connectivity index (χ2n) is 3.99. The van der Waals surface area contributed by atoms with E-state index in [9.17, 15) is 8.42 Å². The number of nitrogens with zero attached hydrogens (tertiary/aromatic N) is 1. The van der Waals surface area contributed by atoms with Crippen LogP contribution in [0, 0.1) is 0 Å². The molecular formula is C10H12BrClN2O2S. The number of hydrogen-bond donors (Lipinski definition) is 1. The number of sulfonamides is 1. The second kappa shape index (κ2) is 4.85. The first-order chi connectivity index (χ1) is 7.91. The Morgan fingerprint density at radius 1 is 1.47 bits per heavy atom. The summed E-state index contributed by atoms with van der Waals surface area (Å²) in [7, 11) is -3.45. The van der Waals surface area contributed by atoms with Crippen LogP contribution in [0.25, 0.3) is 0 Å². The molecule has 0 aliphatic carbocycles. The van der Waals surface area contributed by atoms with Gasteiger partial charge in [-0.3, -0.25) is 0 Å². The van der Waals surface area contributed by atoms with Crippen LogP contribution in [0.3, 0.4) is 0 Å². The molecule has 1 fully saturated rings. The summed E-state index contributed by atoms with van der Waals surface area (Å²) in [5.74, 6) is 0. The number of halogens is 2. The second-order valence-corrected chi connectivity index (χ2v) is 7.19. The van der Waals surface area contributed by atoms with Crippen molar-refractivity contribution in [2.24, 2.45) is 5.73 Å². The van der Waals surface area contributed by atoms with E-state index in [0.717, 1.165) is 0 Å². The smallest absolute Gasteiger partial charge is 0.243 e. The van der Waals surface area contributed by atoms with E-state index in [0.29, 0.717) is 29.0 Å². The summed E-state index contributed by atoms with van der Waals surface area (Å²) in [6, 6.07) is 4.52. The van der Waals surface area contributed by atoms with Crippen molar-refractivity contribution in [2.45, 2.75) is 17.4 Å². The fourth-order valence-corrected chi connectivity index (χ4v) is 3.94. The molecule has 7 heteroatoms. The van der Waals surface area contributed by atoms with Gasteiger partial charge in [-0.15, -0.1) is 0 Å². The van der Waals surface area contributed by atoms with Gasteiger partial charge in [-0.1, -0.05) is 11.6 Å². The lowest BCUT2D eigenvalue weighted by molar-refractivity contribution is 0.472. The molecule has 0 saturated carbocycles. The lowest BCUT2D eigenvalue weighted by Gasteiger charge is -2.16. The summed E-state index contributed by atoms with van der Waals surface area (Å²) in [5.41, 5.74) is 5.72. The van der Waals surface area contributed by atoms with E-state index in [1.807, 2.05) is 0 Å². The van der Waals surface area contributed by atoms with Crippen molar-refractivity contribution >= 4 is 37.6 Å². The summed E-state index contributed by atoms with van der Waals surface area (Å²) in [6.07, 6.45) is 0.702. The van der Waals surface area contributed by atoms with Crippen molar-refractivity contribution in [1.82, 2.24) is 4.31 Å². The molecule has 0 aromatic heterocycles. The summed E-state index contributed by atoms with van der Waals surface area (Å²) < 4.78 is 26.5. The minimum atomic E-state index is -3.45. The number of hydrogen-bond acceptors (Lipinski definition) is 3. The van der Waals surface area contributed by atoms with Crippen LogP contribution >= 0.6 is 27.5 Å². The Labute approximate surface area is 114 Å². The van der Waals surface area contributed by atoms with Crippen LogP contribution in [0.4, 0.5) is 0 Å². The van der Waals surface area contributed by atoms with Gasteiger partial charge in [0.05, 0.1) is 9.92 Å². The minimum absolute atomic E-state index is 0.0690. The zero-order valence-corrected chi connectivity index (χ0v) is 12.1. The van der Waals surface area contributed by atoms with Gasteiger partial charge in [-0.2, -0.15) is 4.31 Å². The molecule has 1 atom stereocenters. The standard InChI is InChI=1S/C10H12BrClN2O2S/c11-9-5-8(1-2-10(9)12)17(15,16)14-4-3-7(13)6-14/h1-2,5,7H,3-4,6,13H2/t7-/m0/s1. The number of benzene rings is 1. The van der Waals surface area contributed by atoms with Gasteiger partial charge in [-0.05, 0) is 40.5 Å². The fourth-order valence-electron chi connectivity index (χ4n) is 1.76. The molecule has 1 aliphatic heterocycles. The molecule has 1 aromatic carbocycles. The van der Waals surface area contributed by atoms with Gasteiger partial charge in [0.1, 0.15) is 0 Å². The molecule has 1 aliphatic rings. The van der Waals surface area contributed by atoms with E-state index in [4.69, 9.17) is 17.3 Å². The molecule has 0 amide bonds. The normalized spacial score (nSPS) is 21.9. The minimum Gasteiger partial charge on any atom is -0.326 e. The predicted molar refractivity (Wildman–Crippen MR) is 70.5 cm³/mol. The fraction of sp³-hybridized carbons (Fsp3) is 0.400. The zero-order chi connectivity index (χ0) is 12.6. The Bertz CT molecular complexity index is 535. The van der Waals surface area contributed by atoms with E-state index >= 15 is 0 Å². The third-order valence-electron chi connectivity index (χ3n) is 2.72. The lowest BCUT2D eigenvalue weighted by atomic mass is 10.3. The SMILES string of the molecule is N[C@H]1CCN(S(=O)(=O)c2ccc(Cl)c(Br)c2)C1. The zero-order valence-electron chi connectivity index (χ0n) is 8.94. The van der Waals surface area contributed by atoms with Crippen molar-refractivity contribution in [3.63, 3.8) is 0 Å². The summed E-state index contributed by atoms with van der Waals surface area (Å²) in [5, 5.41) is 0.488. The summed E-state index contributed by atoms with van der Waals surface area (Å²) >= 11 is 9.06. The first-order valence-electron chi connectivity index (χ1n) is 5.12. The maximum absolute atomic E-state index is 12.2. The molecule has 4 nitrogen and oxygen atoms in total. The van der Waals surface area contributed by atoms with Gasteiger partial charge < -0.3 is 5.73 Å².